The summed E-state index contributed by atoms with van der Waals surface area (Å²) in [6.45, 7) is 6.93. The standard InChI is InChI=1S/C21H23Cl2N3O3S2/c1-4-25(5-2)10-11-26(20(27)16-8-6-14(22)12-17(16)23)21-24-18-9-7-15(31(3,28)29)13-19(18)30-21/h6-9,12-13H,4-5,10-11H2,1-3H3. The van der Waals surface area contributed by atoms with E-state index in [-0.39, 0.29) is 15.8 Å². The first-order valence-corrected chi connectivity index (χ1v) is 13.2. The van der Waals surface area contributed by atoms with Crippen molar-refractivity contribution < 1.29 is 13.2 Å². The highest BCUT2D eigenvalue weighted by Gasteiger charge is 2.24. The summed E-state index contributed by atoms with van der Waals surface area (Å²) < 4.78 is 24.5. The Morgan fingerprint density at radius 3 is 2.39 bits per heavy atom. The van der Waals surface area contributed by atoms with Crippen LogP contribution >= 0.6 is 34.5 Å². The Labute approximate surface area is 196 Å². The van der Waals surface area contributed by atoms with E-state index in [1.54, 1.807) is 29.2 Å². The van der Waals surface area contributed by atoms with Crippen LogP contribution in [0.4, 0.5) is 5.13 Å². The number of fused-ring (bicyclic) bond motifs is 1. The monoisotopic (exact) mass is 499 g/mol. The maximum absolute atomic E-state index is 13.4. The number of amides is 1. The normalized spacial score (nSPS) is 11.9. The van der Waals surface area contributed by atoms with Gasteiger partial charge in [0.2, 0.25) is 0 Å². The quantitative estimate of drug-likeness (QED) is 0.436. The Hall–Kier alpha value is -1.71. The van der Waals surface area contributed by atoms with Gasteiger partial charge in [-0.05, 0) is 49.5 Å². The lowest BCUT2D eigenvalue weighted by Crippen LogP contribution is -2.39. The summed E-state index contributed by atoms with van der Waals surface area (Å²) in [6.07, 6.45) is 1.17. The smallest absolute Gasteiger partial charge is 0.261 e. The molecule has 0 aliphatic heterocycles. The summed E-state index contributed by atoms with van der Waals surface area (Å²) in [7, 11) is -3.34. The van der Waals surface area contributed by atoms with Gasteiger partial charge in [-0.1, -0.05) is 48.4 Å². The molecule has 0 radical (unpaired) electrons. The number of aromatic nitrogens is 1. The van der Waals surface area contributed by atoms with Gasteiger partial charge in [0.15, 0.2) is 15.0 Å². The highest BCUT2D eigenvalue weighted by atomic mass is 35.5. The summed E-state index contributed by atoms with van der Waals surface area (Å²) >= 11 is 13.6. The van der Waals surface area contributed by atoms with Crippen molar-refractivity contribution in [2.24, 2.45) is 0 Å². The predicted octanol–water partition coefficient (Wildman–Crippen LogP) is 5.00. The third kappa shape index (κ3) is 5.56. The molecule has 6 nitrogen and oxygen atoms in total. The number of sulfone groups is 1. The number of hydrogen-bond acceptors (Lipinski definition) is 6. The number of thiazole rings is 1. The van der Waals surface area contributed by atoms with Gasteiger partial charge in [0.25, 0.3) is 5.91 Å². The van der Waals surface area contributed by atoms with Gasteiger partial charge in [-0.2, -0.15) is 0 Å². The van der Waals surface area contributed by atoms with E-state index >= 15 is 0 Å². The fourth-order valence-corrected chi connectivity index (χ4v) is 5.35. The van der Waals surface area contributed by atoms with Gasteiger partial charge in [-0.3, -0.25) is 9.69 Å². The van der Waals surface area contributed by atoms with Gasteiger partial charge in [-0.25, -0.2) is 13.4 Å². The summed E-state index contributed by atoms with van der Waals surface area (Å²) in [4.78, 5) is 22.0. The Morgan fingerprint density at radius 1 is 1.06 bits per heavy atom. The van der Waals surface area contributed by atoms with Gasteiger partial charge < -0.3 is 4.90 Å². The molecule has 0 bridgehead atoms. The Bertz CT molecular complexity index is 1210. The lowest BCUT2D eigenvalue weighted by atomic mass is 10.2. The van der Waals surface area contributed by atoms with Gasteiger partial charge in [0.1, 0.15) is 0 Å². The van der Waals surface area contributed by atoms with Crippen molar-refractivity contribution in [1.29, 1.82) is 0 Å². The van der Waals surface area contributed by atoms with E-state index in [0.717, 1.165) is 13.1 Å². The lowest BCUT2D eigenvalue weighted by molar-refractivity contribution is 0.0984. The van der Waals surface area contributed by atoms with Crippen molar-refractivity contribution in [1.82, 2.24) is 9.88 Å². The average Bonchev–Trinajstić information content (AvgIpc) is 3.13. The van der Waals surface area contributed by atoms with E-state index in [9.17, 15) is 13.2 Å². The molecule has 3 rings (SSSR count). The molecule has 0 aliphatic carbocycles. The third-order valence-corrected chi connectivity index (χ3v) is 7.65. The van der Waals surface area contributed by atoms with E-state index in [4.69, 9.17) is 23.2 Å². The lowest BCUT2D eigenvalue weighted by Gasteiger charge is -2.25. The number of halogens is 2. The van der Waals surface area contributed by atoms with Crippen LogP contribution in [0.2, 0.25) is 10.0 Å². The number of carbonyl (C=O) groups is 1. The average molecular weight is 500 g/mol. The largest absolute Gasteiger partial charge is 0.302 e. The Morgan fingerprint density at radius 2 is 1.77 bits per heavy atom. The highest BCUT2D eigenvalue weighted by molar-refractivity contribution is 7.90. The number of carbonyl (C=O) groups excluding carboxylic acids is 1. The molecule has 0 unspecified atom stereocenters. The molecule has 0 N–H and O–H groups in total. The SMILES string of the molecule is CCN(CC)CCN(C(=O)c1ccc(Cl)cc1Cl)c1nc2ccc(S(C)(=O)=O)cc2s1. The van der Waals surface area contributed by atoms with E-state index in [0.29, 0.717) is 39.0 Å². The van der Waals surface area contributed by atoms with Crippen molar-refractivity contribution in [3.8, 4) is 0 Å². The van der Waals surface area contributed by atoms with Crippen LogP contribution in [0.5, 0.6) is 0 Å². The second-order valence-corrected chi connectivity index (χ2v) is 10.9. The van der Waals surface area contributed by atoms with Gasteiger partial charge in [0, 0.05) is 24.4 Å². The Balaban J connectivity index is 2.03. The third-order valence-electron chi connectivity index (χ3n) is 4.95. The van der Waals surface area contributed by atoms with Crippen LogP contribution in [0.25, 0.3) is 10.2 Å². The molecule has 0 aliphatic rings. The number of benzene rings is 2. The molecule has 0 spiro atoms. The molecular weight excluding hydrogens is 477 g/mol. The van der Waals surface area contributed by atoms with Crippen LogP contribution in [-0.2, 0) is 9.84 Å². The molecule has 3 aromatic rings. The van der Waals surface area contributed by atoms with Crippen LogP contribution < -0.4 is 4.90 Å². The molecule has 0 fully saturated rings. The first-order chi connectivity index (χ1) is 14.6. The van der Waals surface area contributed by atoms with Crippen molar-refractivity contribution in [2.75, 3.05) is 37.3 Å². The molecule has 2 aromatic carbocycles. The molecule has 1 heterocycles. The molecule has 166 valence electrons. The molecule has 0 atom stereocenters. The first kappa shape index (κ1) is 23.9. The van der Waals surface area contributed by atoms with Crippen molar-refractivity contribution in [3.63, 3.8) is 0 Å². The molecule has 0 saturated carbocycles. The Kier molecular flexibility index (Phi) is 7.59. The number of likely N-dealkylation sites (N-methyl/N-ethyl adjacent to an activating group) is 1. The van der Waals surface area contributed by atoms with Crippen LogP contribution in [-0.4, -0.2) is 56.6 Å². The first-order valence-electron chi connectivity index (χ1n) is 9.74. The van der Waals surface area contributed by atoms with Gasteiger partial charge >= 0.3 is 0 Å². The molecule has 1 aromatic heterocycles. The van der Waals surface area contributed by atoms with Gasteiger partial charge in [-0.15, -0.1) is 0 Å². The maximum atomic E-state index is 13.4. The molecule has 0 saturated heterocycles. The topological polar surface area (TPSA) is 70.6 Å². The van der Waals surface area contributed by atoms with E-state index in [2.05, 4.69) is 23.7 Å². The number of hydrogen-bond donors (Lipinski definition) is 0. The van der Waals surface area contributed by atoms with Gasteiger partial charge in [0.05, 0.1) is 25.7 Å². The zero-order valence-electron chi connectivity index (χ0n) is 17.4. The fraction of sp³-hybridized carbons (Fsp3) is 0.333. The summed E-state index contributed by atoms with van der Waals surface area (Å²) in [5.41, 5.74) is 0.969. The zero-order valence-corrected chi connectivity index (χ0v) is 20.6. The minimum absolute atomic E-state index is 0.219. The van der Waals surface area contributed by atoms with Crippen LogP contribution in [0, 0.1) is 0 Å². The number of rotatable bonds is 8. The fourth-order valence-electron chi connectivity index (χ4n) is 3.11. The predicted molar refractivity (Wildman–Crippen MR) is 129 cm³/mol. The minimum atomic E-state index is -3.34. The second-order valence-electron chi connectivity index (χ2n) is 7.01. The van der Waals surface area contributed by atoms with E-state index in [1.165, 1.54) is 29.7 Å². The number of nitrogens with zero attached hydrogens (tertiary/aromatic N) is 3. The zero-order chi connectivity index (χ0) is 22.8. The summed E-state index contributed by atoms with van der Waals surface area (Å²) in [5.74, 6) is -0.281. The van der Waals surface area contributed by atoms with E-state index < -0.39 is 9.84 Å². The number of anilines is 1. The van der Waals surface area contributed by atoms with Crippen LogP contribution in [0.3, 0.4) is 0 Å². The van der Waals surface area contributed by atoms with E-state index in [1.807, 2.05) is 0 Å². The summed E-state index contributed by atoms with van der Waals surface area (Å²) in [5, 5.41) is 1.21. The molecule has 31 heavy (non-hydrogen) atoms. The van der Waals surface area contributed by atoms with Crippen molar-refractivity contribution >= 4 is 65.6 Å². The molecular formula is C21H23Cl2N3O3S2. The molecule has 10 heteroatoms. The summed E-state index contributed by atoms with van der Waals surface area (Å²) in [6, 6.07) is 9.55. The van der Waals surface area contributed by atoms with Crippen molar-refractivity contribution in [2.45, 2.75) is 18.7 Å². The minimum Gasteiger partial charge on any atom is -0.302 e. The second kappa shape index (κ2) is 9.83. The van der Waals surface area contributed by atoms with Crippen molar-refractivity contribution in [3.05, 3.63) is 52.0 Å². The molecule has 1 amide bonds. The van der Waals surface area contributed by atoms with Crippen LogP contribution in [0.1, 0.15) is 24.2 Å². The maximum Gasteiger partial charge on any atom is 0.261 e. The van der Waals surface area contributed by atoms with Crippen LogP contribution in [0.15, 0.2) is 41.3 Å². The highest BCUT2D eigenvalue weighted by Crippen LogP contribution is 2.32.